The van der Waals surface area contributed by atoms with Gasteiger partial charge < -0.3 is 10.4 Å². The Morgan fingerprint density at radius 1 is 1.43 bits per heavy atom. The first-order valence-electron chi connectivity index (χ1n) is 6.55. The van der Waals surface area contributed by atoms with Gasteiger partial charge in [0.1, 0.15) is 5.01 Å². The first-order chi connectivity index (χ1) is 9.97. The van der Waals surface area contributed by atoms with Gasteiger partial charge in [0.05, 0.1) is 17.1 Å². The van der Waals surface area contributed by atoms with Crippen LogP contribution in [0.2, 0.25) is 0 Å². The summed E-state index contributed by atoms with van der Waals surface area (Å²) < 4.78 is 0. The standard InChI is InChI=1S/C14H17N3O3S/c1-9-7-16-14(21-9)10(2)15-8-13(18)11-3-5-12(6-4-11)17(19)20/h3-7,10,13,15,18H,8H2,1-2H3. The number of benzene rings is 1. The molecule has 0 fully saturated rings. The Balaban J connectivity index is 1.92. The normalized spacial score (nSPS) is 13.9. The molecule has 6 nitrogen and oxygen atoms in total. The van der Waals surface area contributed by atoms with E-state index in [1.807, 2.05) is 20.0 Å². The van der Waals surface area contributed by atoms with Gasteiger partial charge in [0, 0.05) is 29.8 Å². The summed E-state index contributed by atoms with van der Waals surface area (Å²) in [6, 6.07) is 5.99. The van der Waals surface area contributed by atoms with Crippen LogP contribution in [0.25, 0.3) is 0 Å². The van der Waals surface area contributed by atoms with Crippen molar-refractivity contribution in [1.29, 1.82) is 0 Å². The third kappa shape index (κ3) is 4.07. The van der Waals surface area contributed by atoms with Crippen molar-refractivity contribution in [1.82, 2.24) is 10.3 Å². The lowest BCUT2D eigenvalue weighted by Gasteiger charge is -2.15. The fourth-order valence-electron chi connectivity index (χ4n) is 1.88. The Kier molecular flexibility index (Phi) is 5.00. The van der Waals surface area contributed by atoms with Crippen molar-refractivity contribution in [3.8, 4) is 0 Å². The van der Waals surface area contributed by atoms with E-state index in [0.717, 1.165) is 9.88 Å². The number of aromatic nitrogens is 1. The molecule has 1 aromatic carbocycles. The average Bonchev–Trinajstić information content (AvgIpc) is 2.91. The van der Waals surface area contributed by atoms with E-state index in [9.17, 15) is 15.2 Å². The molecule has 21 heavy (non-hydrogen) atoms. The highest BCUT2D eigenvalue weighted by molar-refractivity contribution is 7.11. The highest BCUT2D eigenvalue weighted by atomic mass is 32.1. The number of aryl methyl sites for hydroxylation is 1. The predicted octanol–water partition coefficient (Wildman–Crippen LogP) is 2.74. The Morgan fingerprint density at radius 2 is 2.10 bits per heavy atom. The number of aliphatic hydroxyl groups is 1. The van der Waals surface area contributed by atoms with Crippen molar-refractivity contribution >= 4 is 17.0 Å². The lowest BCUT2D eigenvalue weighted by molar-refractivity contribution is -0.384. The molecule has 0 bridgehead atoms. The van der Waals surface area contributed by atoms with E-state index in [1.165, 1.54) is 12.1 Å². The number of hydrogen-bond donors (Lipinski definition) is 2. The second-order valence-electron chi connectivity index (χ2n) is 4.80. The molecule has 2 aromatic rings. The summed E-state index contributed by atoms with van der Waals surface area (Å²) in [5.41, 5.74) is 0.668. The highest BCUT2D eigenvalue weighted by Crippen LogP contribution is 2.21. The lowest BCUT2D eigenvalue weighted by Crippen LogP contribution is -2.24. The van der Waals surface area contributed by atoms with Crippen molar-refractivity contribution in [2.24, 2.45) is 0 Å². The van der Waals surface area contributed by atoms with Crippen molar-refractivity contribution in [2.75, 3.05) is 6.54 Å². The summed E-state index contributed by atoms with van der Waals surface area (Å²) in [6.45, 7) is 4.35. The van der Waals surface area contributed by atoms with E-state index >= 15 is 0 Å². The summed E-state index contributed by atoms with van der Waals surface area (Å²) in [7, 11) is 0. The minimum absolute atomic E-state index is 0.0190. The minimum Gasteiger partial charge on any atom is -0.387 e. The Morgan fingerprint density at radius 3 is 2.62 bits per heavy atom. The molecular formula is C14H17N3O3S. The third-order valence-corrected chi connectivity index (χ3v) is 4.21. The van der Waals surface area contributed by atoms with Crippen LogP contribution in [0.3, 0.4) is 0 Å². The smallest absolute Gasteiger partial charge is 0.269 e. The Hall–Kier alpha value is -1.83. The molecule has 2 unspecified atom stereocenters. The molecule has 0 saturated carbocycles. The maximum absolute atomic E-state index is 10.6. The molecule has 0 radical (unpaired) electrons. The highest BCUT2D eigenvalue weighted by Gasteiger charge is 2.14. The van der Waals surface area contributed by atoms with Crippen molar-refractivity contribution in [2.45, 2.75) is 26.0 Å². The van der Waals surface area contributed by atoms with Crippen LogP contribution >= 0.6 is 11.3 Å². The van der Waals surface area contributed by atoms with Crippen LogP contribution in [0.15, 0.2) is 30.5 Å². The van der Waals surface area contributed by atoms with Gasteiger partial charge in [-0.2, -0.15) is 0 Å². The molecule has 0 aliphatic rings. The molecule has 0 aliphatic heterocycles. The predicted molar refractivity (Wildman–Crippen MR) is 81.3 cm³/mol. The molecule has 1 heterocycles. The average molecular weight is 307 g/mol. The quantitative estimate of drug-likeness (QED) is 0.633. The molecule has 2 rings (SSSR count). The second kappa shape index (κ2) is 6.75. The first-order valence-corrected chi connectivity index (χ1v) is 7.37. The number of non-ortho nitro benzene ring substituents is 1. The van der Waals surface area contributed by atoms with Gasteiger partial charge in [0.15, 0.2) is 0 Å². The van der Waals surface area contributed by atoms with Crippen LogP contribution in [-0.2, 0) is 0 Å². The van der Waals surface area contributed by atoms with E-state index in [-0.39, 0.29) is 11.7 Å². The fraction of sp³-hybridized carbons (Fsp3) is 0.357. The van der Waals surface area contributed by atoms with Crippen LogP contribution in [0.5, 0.6) is 0 Å². The molecule has 0 amide bonds. The van der Waals surface area contributed by atoms with Gasteiger partial charge in [-0.3, -0.25) is 10.1 Å². The number of thiazole rings is 1. The number of aliphatic hydroxyl groups excluding tert-OH is 1. The maximum Gasteiger partial charge on any atom is 0.269 e. The van der Waals surface area contributed by atoms with Gasteiger partial charge in [-0.25, -0.2) is 4.98 Å². The van der Waals surface area contributed by atoms with Crippen LogP contribution in [0, 0.1) is 17.0 Å². The van der Waals surface area contributed by atoms with Crippen molar-refractivity contribution in [3.63, 3.8) is 0 Å². The molecule has 0 spiro atoms. The SMILES string of the molecule is Cc1cnc(C(C)NCC(O)c2ccc([N+](=O)[O-])cc2)s1. The number of nitrogens with one attached hydrogen (secondary N) is 1. The summed E-state index contributed by atoms with van der Waals surface area (Å²) in [4.78, 5) is 15.6. The van der Waals surface area contributed by atoms with Gasteiger partial charge >= 0.3 is 0 Å². The van der Waals surface area contributed by atoms with Crippen LogP contribution in [0.4, 0.5) is 5.69 Å². The zero-order chi connectivity index (χ0) is 15.4. The van der Waals surface area contributed by atoms with E-state index in [1.54, 1.807) is 23.5 Å². The van der Waals surface area contributed by atoms with E-state index in [0.29, 0.717) is 12.1 Å². The fourth-order valence-corrected chi connectivity index (χ4v) is 2.68. The number of nitro benzene ring substituents is 1. The van der Waals surface area contributed by atoms with Crippen LogP contribution < -0.4 is 5.32 Å². The first kappa shape index (κ1) is 15.6. The molecule has 0 aliphatic carbocycles. The summed E-state index contributed by atoms with van der Waals surface area (Å²) in [6.07, 6.45) is 1.11. The van der Waals surface area contributed by atoms with Gasteiger partial charge in [-0.05, 0) is 31.5 Å². The topological polar surface area (TPSA) is 88.3 Å². The summed E-state index contributed by atoms with van der Waals surface area (Å²) in [5, 5.41) is 24.9. The van der Waals surface area contributed by atoms with E-state index in [2.05, 4.69) is 10.3 Å². The Bertz CT molecular complexity index is 612. The number of rotatable bonds is 6. The number of nitro groups is 1. The van der Waals surface area contributed by atoms with Crippen LogP contribution in [0.1, 0.15) is 34.5 Å². The molecule has 2 atom stereocenters. The van der Waals surface area contributed by atoms with E-state index in [4.69, 9.17) is 0 Å². The Labute approximate surface area is 126 Å². The summed E-state index contributed by atoms with van der Waals surface area (Å²) >= 11 is 1.62. The molecule has 112 valence electrons. The van der Waals surface area contributed by atoms with Crippen molar-refractivity contribution < 1.29 is 10.0 Å². The van der Waals surface area contributed by atoms with Gasteiger partial charge in [0.25, 0.3) is 5.69 Å². The van der Waals surface area contributed by atoms with E-state index < -0.39 is 11.0 Å². The lowest BCUT2D eigenvalue weighted by atomic mass is 10.1. The van der Waals surface area contributed by atoms with Gasteiger partial charge in [-0.1, -0.05) is 0 Å². The molecule has 1 aromatic heterocycles. The summed E-state index contributed by atoms with van der Waals surface area (Å²) in [5.74, 6) is 0. The maximum atomic E-state index is 10.6. The molecule has 0 saturated heterocycles. The molecule has 2 N–H and O–H groups in total. The van der Waals surface area contributed by atoms with Gasteiger partial charge in [0.2, 0.25) is 0 Å². The molecular weight excluding hydrogens is 290 g/mol. The largest absolute Gasteiger partial charge is 0.387 e. The minimum atomic E-state index is -0.714. The zero-order valence-corrected chi connectivity index (χ0v) is 12.6. The van der Waals surface area contributed by atoms with Crippen LogP contribution in [-0.4, -0.2) is 21.6 Å². The zero-order valence-electron chi connectivity index (χ0n) is 11.8. The monoisotopic (exact) mass is 307 g/mol. The second-order valence-corrected chi connectivity index (χ2v) is 6.07. The third-order valence-electron chi connectivity index (χ3n) is 3.12. The van der Waals surface area contributed by atoms with Gasteiger partial charge in [-0.15, -0.1) is 11.3 Å². The number of hydrogen-bond acceptors (Lipinski definition) is 6. The van der Waals surface area contributed by atoms with Crippen molar-refractivity contribution in [3.05, 3.63) is 56.0 Å². The molecule has 7 heteroatoms. The number of nitrogens with zero attached hydrogens (tertiary/aromatic N) is 2.